The van der Waals surface area contributed by atoms with Gasteiger partial charge in [0.1, 0.15) is 23.6 Å². The van der Waals surface area contributed by atoms with Gasteiger partial charge in [-0.05, 0) is 36.8 Å². The van der Waals surface area contributed by atoms with E-state index in [1.54, 1.807) is 11.1 Å². The van der Waals surface area contributed by atoms with E-state index in [1.165, 1.54) is 6.20 Å². The number of halogens is 5. The Morgan fingerprint density at radius 2 is 1.77 bits per heavy atom. The van der Waals surface area contributed by atoms with Crippen LogP contribution >= 0.6 is 0 Å². The lowest BCUT2D eigenvalue weighted by Gasteiger charge is -2.39. The van der Waals surface area contributed by atoms with Crippen LogP contribution in [0.2, 0.25) is 0 Å². The molecule has 1 spiro atoms. The lowest BCUT2D eigenvalue weighted by atomic mass is 9.78. The minimum absolute atomic E-state index is 0.00327. The Kier molecular flexibility index (Phi) is 5.80. The van der Waals surface area contributed by atoms with Gasteiger partial charge in [-0.15, -0.1) is 0 Å². The standard InChI is InChI=1S/C22H22F5N7O/c23-17(24)12-34-19-16(10-30-34)29-11-18(31-19)32-6-3-21(4-7-32)5-8-33(13-21)20(35)15-2-1-14(9-28-15)22(25,26)27/h1-2,9-11,17H,3-8,12-13H2. The van der Waals surface area contributed by atoms with Gasteiger partial charge in [0.25, 0.3) is 12.3 Å². The van der Waals surface area contributed by atoms with Gasteiger partial charge < -0.3 is 9.80 Å². The molecule has 0 N–H and O–H groups in total. The summed E-state index contributed by atoms with van der Waals surface area (Å²) >= 11 is 0. The summed E-state index contributed by atoms with van der Waals surface area (Å²) in [6.07, 6.45) is -0.991. The van der Waals surface area contributed by atoms with Crippen molar-refractivity contribution in [1.29, 1.82) is 0 Å². The zero-order valence-corrected chi connectivity index (χ0v) is 18.5. The number of hydrogen-bond donors (Lipinski definition) is 0. The van der Waals surface area contributed by atoms with E-state index in [2.05, 4.69) is 20.1 Å². The van der Waals surface area contributed by atoms with Gasteiger partial charge in [0.15, 0.2) is 5.65 Å². The molecule has 0 bridgehead atoms. The fourth-order valence-corrected chi connectivity index (χ4v) is 4.83. The van der Waals surface area contributed by atoms with E-state index in [0.717, 1.165) is 36.1 Å². The van der Waals surface area contributed by atoms with Crippen molar-refractivity contribution in [3.63, 3.8) is 0 Å². The van der Waals surface area contributed by atoms with Crippen molar-refractivity contribution >= 4 is 22.9 Å². The summed E-state index contributed by atoms with van der Waals surface area (Å²) in [5, 5.41) is 3.94. The van der Waals surface area contributed by atoms with Gasteiger partial charge in [-0.1, -0.05) is 0 Å². The summed E-state index contributed by atoms with van der Waals surface area (Å²) in [6.45, 7) is 1.78. The number of fused-ring (bicyclic) bond motifs is 1. The van der Waals surface area contributed by atoms with E-state index in [9.17, 15) is 26.7 Å². The number of pyridine rings is 1. The predicted molar refractivity (Wildman–Crippen MR) is 115 cm³/mol. The van der Waals surface area contributed by atoms with Gasteiger partial charge in [0, 0.05) is 32.4 Å². The zero-order valence-electron chi connectivity index (χ0n) is 18.5. The molecule has 0 aromatic carbocycles. The third kappa shape index (κ3) is 4.63. The summed E-state index contributed by atoms with van der Waals surface area (Å²) < 4.78 is 65.1. The van der Waals surface area contributed by atoms with Crippen molar-refractivity contribution in [2.45, 2.75) is 38.4 Å². The molecular weight excluding hydrogens is 473 g/mol. The second-order valence-corrected chi connectivity index (χ2v) is 9.05. The highest BCUT2D eigenvalue weighted by atomic mass is 19.4. The molecule has 3 aromatic rings. The second-order valence-electron chi connectivity index (χ2n) is 9.05. The molecule has 2 aliphatic heterocycles. The highest BCUT2D eigenvalue weighted by Gasteiger charge is 2.43. The van der Waals surface area contributed by atoms with Crippen molar-refractivity contribution < 1.29 is 26.7 Å². The third-order valence-corrected chi connectivity index (χ3v) is 6.83. The number of carbonyl (C=O) groups excluding carboxylic acids is 1. The van der Waals surface area contributed by atoms with Gasteiger partial charge in [0.05, 0.1) is 18.0 Å². The summed E-state index contributed by atoms with van der Waals surface area (Å²) in [5.41, 5.74) is -0.226. The Balaban J connectivity index is 1.23. The first-order chi connectivity index (χ1) is 16.6. The van der Waals surface area contributed by atoms with Crippen LogP contribution in [0.4, 0.5) is 27.8 Å². The van der Waals surface area contributed by atoms with Crippen molar-refractivity contribution in [3.8, 4) is 0 Å². The molecular formula is C22H22F5N7O. The molecule has 2 aliphatic rings. The number of piperidine rings is 1. The normalized spacial score (nSPS) is 18.2. The van der Waals surface area contributed by atoms with Crippen molar-refractivity contribution in [3.05, 3.63) is 42.0 Å². The number of anilines is 1. The van der Waals surface area contributed by atoms with Crippen LogP contribution in [0.15, 0.2) is 30.7 Å². The monoisotopic (exact) mass is 495 g/mol. The minimum Gasteiger partial charge on any atom is -0.355 e. The van der Waals surface area contributed by atoms with Crippen molar-refractivity contribution in [2.75, 3.05) is 31.1 Å². The van der Waals surface area contributed by atoms with E-state index in [4.69, 9.17) is 0 Å². The molecule has 3 aromatic heterocycles. The van der Waals surface area contributed by atoms with Crippen LogP contribution in [0.3, 0.4) is 0 Å². The lowest BCUT2D eigenvalue weighted by Crippen LogP contribution is -2.42. The zero-order chi connectivity index (χ0) is 24.8. The number of amides is 1. The molecule has 0 atom stereocenters. The predicted octanol–water partition coefficient (Wildman–Crippen LogP) is 3.64. The fourth-order valence-electron chi connectivity index (χ4n) is 4.83. The molecule has 5 rings (SSSR count). The van der Waals surface area contributed by atoms with Crippen LogP contribution in [0.1, 0.15) is 35.3 Å². The SMILES string of the molecule is O=C(c1ccc(C(F)(F)F)cn1)N1CCC2(CCN(c3cnc4cnn(CC(F)F)c4n3)CC2)C1. The van der Waals surface area contributed by atoms with E-state index in [-0.39, 0.29) is 17.0 Å². The van der Waals surface area contributed by atoms with Crippen LogP contribution in [0, 0.1) is 5.41 Å². The first-order valence-corrected chi connectivity index (χ1v) is 11.2. The van der Waals surface area contributed by atoms with Crippen LogP contribution in [0.25, 0.3) is 11.2 Å². The molecule has 186 valence electrons. The van der Waals surface area contributed by atoms with Crippen molar-refractivity contribution in [2.24, 2.45) is 5.41 Å². The molecule has 5 heterocycles. The van der Waals surface area contributed by atoms with Crippen LogP contribution < -0.4 is 4.90 Å². The molecule has 2 fully saturated rings. The lowest BCUT2D eigenvalue weighted by molar-refractivity contribution is -0.137. The Labute approximate surface area is 196 Å². The number of likely N-dealkylation sites (tertiary alicyclic amines) is 1. The highest BCUT2D eigenvalue weighted by molar-refractivity contribution is 5.92. The van der Waals surface area contributed by atoms with E-state index in [0.29, 0.717) is 49.4 Å². The molecule has 0 unspecified atom stereocenters. The molecule has 1 amide bonds. The number of nitrogens with zero attached hydrogens (tertiary/aromatic N) is 7. The molecule has 0 radical (unpaired) electrons. The number of aromatic nitrogens is 5. The summed E-state index contributed by atoms with van der Waals surface area (Å²) in [7, 11) is 0. The van der Waals surface area contributed by atoms with E-state index >= 15 is 0 Å². The van der Waals surface area contributed by atoms with Gasteiger partial charge in [0.2, 0.25) is 0 Å². The smallest absolute Gasteiger partial charge is 0.355 e. The molecule has 8 nitrogen and oxygen atoms in total. The number of hydrogen-bond acceptors (Lipinski definition) is 6. The van der Waals surface area contributed by atoms with E-state index in [1.807, 2.05) is 4.90 Å². The average molecular weight is 495 g/mol. The number of alkyl halides is 5. The second kappa shape index (κ2) is 8.68. The molecule has 35 heavy (non-hydrogen) atoms. The van der Waals surface area contributed by atoms with Gasteiger partial charge in [-0.2, -0.15) is 18.3 Å². The number of rotatable bonds is 4. The molecule has 0 aliphatic carbocycles. The minimum atomic E-state index is -4.50. The quantitative estimate of drug-likeness (QED) is 0.515. The largest absolute Gasteiger partial charge is 0.417 e. The molecule has 13 heteroatoms. The maximum absolute atomic E-state index is 12.8. The summed E-state index contributed by atoms with van der Waals surface area (Å²) in [5.74, 6) is 0.213. The van der Waals surface area contributed by atoms with E-state index < -0.39 is 24.7 Å². The topological polar surface area (TPSA) is 80.0 Å². The van der Waals surface area contributed by atoms with Crippen LogP contribution in [-0.4, -0.2) is 68.1 Å². The first-order valence-electron chi connectivity index (χ1n) is 11.2. The maximum atomic E-state index is 12.8. The molecule has 2 saturated heterocycles. The number of carbonyl (C=O) groups is 1. The highest BCUT2D eigenvalue weighted by Crippen LogP contribution is 2.41. The Bertz CT molecular complexity index is 1220. The van der Waals surface area contributed by atoms with Crippen LogP contribution in [-0.2, 0) is 12.7 Å². The molecule has 0 saturated carbocycles. The third-order valence-electron chi connectivity index (χ3n) is 6.83. The fraction of sp³-hybridized carbons (Fsp3) is 0.500. The Morgan fingerprint density at radius 3 is 2.43 bits per heavy atom. The van der Waals surface area contributed by atoms with Crippen LogP contribution in [0.5, 0.6) is 0 Å². The maximum Gasteiger partial charge on any atom is 0.417 e. The Hall–Kier alpha value is -3.38. The van der Waals surface area contributed by atoms with Gasteiger partial charge >= 0.3 is 6.18 Å². The summed E-state index contributed by atoms with van der Waals surface area (Å²) in [4.78, 5) is 29.1. The summed E-state index contributed by atoms with van der Waals surface area (Å²) in [6, 6.07) is 1.99. The van der Waals surface area contributed by atoms with Crippen molar-refractivity contribution in [1.82, 2.24) is 29.6 Å². The van der Waals surface area contributed by atoms with Gasteiger partial charge in [-0.25, -0.2) is 23.4 Å². The Morgan fingerprint density at radius 1 is 1.03 bits per heavy atom. The first kappa shape index (κ1) is 23.4. The van der Waals surface area contributed by atoms with Gasteiger partial charge in [-0.3, -0.25) is 9.78 Å². The average Bonchev–Trinajstić information content (AvgIpc) is 3.42.